The molecule has 2 nitrogen and oxygen atoms in total. The fourth-order valence-electron chi connectivity index (χ4n) is 2.81. The van der Waals surface area contributed by atoms with Crippen LogP contribution >= 0.6 is 0 Å². The highest BCUT2D eigenvalue weighted by Gasteiger charge is 2.40. The Labute approximate surface area is 92.1 Å². The third-order valence-corrected chi connectivity index (χ3v) is 3.86. The SMILES string of the molecule is CCC1(C(=O)C2=CCCCC2)CCCN1. The van der Waals surface area contributed by atoms with E-state index in [2.05, 4.69) is 18.3 Å². The van der Waals surface area contributed by atoms with Crippen LogP contribution in [-0.2, 0) is 4.79 Å². The second-order valence-corrected chi connectivity index (χ2v) is 4.77. The third-order valence-electron chi connectivity index (χ3n) is 3.86. The van der Waals surface area contributed by atoms with Crippen LogP contribution in [0.25, 0.3) is 0 Å². The summed E-state index contributed by atoms with van der Waals surface area (Å²) in [5, 5.41) is 3.43. The summed E-state index contributed by atoms with van der Waals surface area (Å²) in [5.74, 6) is 0.391. The summed E-state index contributed by atoms with van der Waals surface area (Å²) in [6.07, 6.45) is 9.82. The van der Waals surface area contributed by atoms with Crippen LogP contribution < -0.4 is 5.32 Å². The van der Waals surface area contributed by atoms with Gasteiger partial charge in [-0.3, -0.25) is 4.79 Å². The standard InChI is InChI=1S/C13H21NO/c1-2-13(9-6-10-14-13)12(15)11-7-4-3-5-8-11/h7,14H,2-6,8-10H2,1H3. The smallest absolute Gasteiger partial charge is 0.178 e. The van der Waals surface area contributed by atoms with Crippen LogP contribution in [0.2, 0.25) is 0 Å². The van der Waals surface area contributed by atoms with Crippen LogP contribution in [0.4, 0.5) is 0 Å². The van der Waals surface area contributed by atoms with E-state index >= 15 is 0 Å². The van der Waals surface area contributed by atoms with Crippen LogP contribution in [-0.4, -0.2) is 17.9 Å². The van der Waals surface area contributed by atoms with Gasteiger partial charge in [-0.2, -0.15) is 0 Å². The van der Waals surface area contributed by atoms with E-state index < -0.39 is 0 Å². The van der Waals surface area contributed by atoms with Crippen molar-refractivity contribution >= 4 is 5.78 Å². The van der Waals surface area contributed by atoms with Gasteiger partial charge in [0.25, 0.3) is 0 Å². The van der Waals surface area contributed by atoms with E-state index in [0.717, 1.165) is 44.2 Å². The van der Waals surface area contributed by atoms with Gasteiger partial charge in [-0.05, 0) is 57.1 Å². The van der Waals surface area contributed by atoms with Gasteiger partial charge in [0.05, 0.1) is 5.54 Å². The number of carbonyl (C=O) groups excluding carboxylic acids is 1. The molecule has 15 heavy (non-hydrogen) atoms. The molecule has 1 unspecified atom stereocenters. The summed E-state index contributed by atoms with van der Waals surface area (Å²) in [6.45, 7) is 3.13. The highest BCUT2D eigenvalue weighted by atomic mass is 16.1. The first-order valence-corrected chi connectivity index (χ1v) is 6.27. The van der Waals surface area contributed by atoms with Gasteiger partial charge in [0, 0.05) is 0 Å². The molecule has 1 atom stereocenters. The molecule has 1 heterocycles. The molecule has 0 aromatic heterocycles. The molecule has 2 aliphatic rings. The molecule has 0 bridgehead atoms. The van der Waals surface area contributed by atoms with Gasteiger partial charge in [-0.25, -0.2) is 0 Å². The molecule has 1 aliphatic heterocycles. The van der Waals surface area contributed by atoms with Gasteiger partial charge >= 0.3 is 0 Å². The molecule has 0 spiro atoms. The molecule has 1 saturated heterocycles. The summed E-state index contributed by atoms with van der Waals surface area (Å²) in [5.41, 5.74) is 0.890. The quantitative estimate of drug-likeness (QED) is 0.770. The van der Waals surface area contributed by atoms with Crippen LogP contribution in [0.5, 0.6) is 0 Å². The predicted molar refractivity (Wildman–Crippen MR) is 61.8 cm³/mol. The highest BCUT2D eigenvalue weighted by molar-refractivity contribution is 6.02. The summed E-state index contributed by atoms with van der Waals surface area (Å²) in [4.78, 5) is 12.4. The first kappa shape index (κ1) is 10.9. The van der Waals surface area contributed by atoms with Gasteiger partial charge in [0.1, 0.15) is 0 Å². The molecule has 1 fully saturated rings. The van der Waals surface area contributed by atoms with Gasteiger partial charge < -0.3 is 5.32 Å². The Balaban J connectivity index is 2.14. The fraction of sp³-hybridized carbons (Fsp3) is 0.769. The average Bonchev–Trinajstić information content (AvgIpc) is 2.79. The topological polar surface area (TPSA) is 29.1 Å². The van der Waals surface area contributed by atoms with Crippen LogP contribution in [0.1, 0.15) is 51.9 Å². The second kappa shape index (κ2) is 4.48. The number of Topliss-reactive ketones (excluding diaryl/α,β-unsaturated/α-hetero) is 1. The van der Waals surface area contributed by atoms with Crippen molar-refractivity contribution in [2.45, 2.75) is 57.4 Å². The van der Waals surface area contributed by atoms with Crippen molar-refractivity contribution in [1.82, 2.24) is 5.32 Å². The minimum atomic E-state index is -0.205. The summed E-state index contributed by atoms with van der Waals surface area (Å²) >= 11 is 0. The lowest BCUT2D eigenvalue weighted by Gasteiger charge is -2.28. The van der Waals surface area contributed by atoms with Gasteiger partial charge in [0.15, 0.2) is 5.78 Å². The Bertz CT molecular complexity index is 274. The first-order chi connectivity index (χ1) is 7.28. The van der Waals surface area contributed by atoms with E-state index in [4.69, 9.17) is 0 Å². The molecule has 0 amide bonds. The van der Waals surface area contributed by atoms with Crippen molar-refractivity contribution in [3.8, 4) is 0 Å². The number of ketones is 1. The Morgan fingerprint density at radius 2 is 2.33 bits per heavy atom. The molecule has 1 aliphatic carbocycles. The fourth-order valence-corrected chi connectivity index (χ4v) is 2.81. The second-order valence-electron chi connectivity index (χ2n) is 4.77. The molecule has 0 saturated carbocycles. The van der Waals surface area contributed by atoms with E-state index in [1.165, 1.54) is 12.8 Å². The molecular formula is C13H21NO. The van der Waals surface area contributed by atoms with Crippen molar-refractivity contribution < 1.29 is 4.79 Å². The van der Waals surface area contributed by atoms with Crippen molar-refractivity contribution in [3.63, 3.8) is 0 Å². The number of carbonyl (C=O) groups is 1. The molecule has 1 N–H and O–H groups in total. The Morgan fingerprint density at radius 3 is 2.87 bits per heavy atom. The van der Waals surface area contributed by atoms with E-state index in [0.29, 0.717) is 5.78 Å². The largest absolute Gasteiger partial charge is 0.305 e. The maximum atomic E-state index is 12.4. The third kappa shape index (κ3) is 2.00. The number of hydrogen-bond donors (Lipinski definition) is 1. The van der Waals surface area contributed by atoms with E-state index in [-0.39, 0.29) is 5.54 Å². The van der Waals surface area contributed by atoms with Gasteiger partial charge in [-0.1, -0.05) is 13.0 Å². The normalized spacial score (nSPS) is 31.4. The van der Waals surface area contributed by atoms with Crippen LogP contribution in [0, 0.1) is 0 Å². The lowest BCUT2D eigenvalue weighted by molar-refractivity contribution is -0.121. The number of nitrogens with one attached hydrogen (secondary N) is 1. The maximum absolute atomic E-state index is 12.4. The van der Waals surface area contributed by atoms with Crippen molar-refractivity contribution in [3.05, 3.63) is 11.6 Å². The minimum absolute atomic E-state index is 0.205. The van der Waals surface area contributed by atoms with Crippen LogP contribution in [0.15, 0.2) is 11.6 Å². The lowest BCUT2D eigenvalue weighted by Crippen LogP contribution is -2.47. The van der Waals surface area contributed by atoms with Crippen LogP contribution in [0.3, 0.4) is 0 Å². The summed E-state index contributed by atoms with van der Waals surface area (Å²) < 4.78 is 0. The summed E-state index contributed by atoms with van der Waals surface area (Å²) in [7, 11) is 0. The zero-order valence-corrected chi connectivity index (χ0v) is 9.64. The summed E-state index contributed by atoms with van der Waals surface area (Å²) in [6, 6.07) is 0. The predicted octanol–water partition coefficient (Wildman–Crippen LogP) is 2.59. The monoisotopic (exact) mass is 207 g/mol. The van der Waals surface area contributed by atoms with Gasteiger partial charge in [-0.15, -0.1) is 0 Å². The Morgan fingerprint density at radius 1 is 1.47 bits per heavy atom. The van der Waals surface area contributed by atoms with Crippen molar-refractivity contribution in [2.75, 3.05) is 6.54 Å². The minimum Gasteiger partial charge on any atom is -0.305 e. The Hall–Kier alpha value is -0.630. The van der Waals surface area contributed by atoms with E-state index in [9.17, 15) is 4.79 Å². The number of rotatable bonds is 3. The number of allylic oxidation sites excluding steroid dienone is 1. The zero-order chi connectivity index (χ0) is 10.7. The lowest BCUT2D eigenvalue weighted by atomic mass is 9.82. The zero-order valence-electron chi connectivity index (χ0n) is 9.64. The van der Waals surface area contributed by atoms with E-state index in [1.54, 1.807) is 0 Å². The maximum Gasteiger partial charge on any atom is 0.178 e. The molecule has 2 heteroatoms. The average molecular weight is 207 g/mol. The molecule has 84 valence electrons. The first-order valence-electron chi connectivity index (χ1n) is 6.27. The Kier molecular flexibility index (Phi) is 3.25. The molecule has 2 rings (SSSR count). The van der Waals surface area contributed by atoms with Crippen molar-refractivity contribution in [1.29, 1.82) is 0 Å². The molecular weight excluding hydrogens is 186 g/mol. The molecule has 0 aromatic carbocycles. The van der Waals surface area contributed by atoms with E-state index in [1.807, 2.05) is 0 Å². The highest BCUT2D eigenvalue weighted by Crippen LogP contribution is 2.30. The number of hydrogen-bond acceptors (Lipinski definition) is 2. The van der Waals surface area contributed by atoms with Gasteiger partial charge in [0.2, 0.25) is 0 Å². The van der Waals surface area contributed by atoms with Crippen molar-refractivity contribution in [2.24, 2.45) is 0 Å². The molecule has 0 radical (unpaired) electrons. The molecule has 0 aromatic rings.